The van der Waals surface area contributed by atoms with E-state index >= 15 is 0 Å². The number of nitriles is 1. The molecule has 0 amide bonds. The van der Waals surface area contributed by atoms with E-state index in [1.807, 2.05) is 37.4 Å². The van der Waals surface area contributed by atoms with Crippen LogP contribution in [0.1, 0.15) is 16.7 Å². The number of hydrogen-bond donors (Lipinski definition) is 0. The van der Waals surface area contributed by atoms with Gasteiger partial charge in [0.15, 0.2) is 0 Å². The summed E-state index contributed by atoms with van der Waals surface area (Å²) in [5, 5.41) is 9.21. The van der Waals surface area contributed by atoms with Crippen LogP contribution >= 0.6 is 15.9 Å². The number of halogens is 1. The molecule has 0 fully saturated rings. The minimum atomic E-state index is 0.686. The van der Waals surface area contributed by atoms with Gasteiger partial charge in [-0.05, 0) is 36.2 Å². The summed E-state index contributed by atoms with van der Waals surface area (Å²) in [5.74, 6) is 0. The van der Waals surface area contributed by atoms with Gasteiger partial charge in [-0.1, -0.05) is 40.2 Å². The van der Waals surface area contributed by atoms with Gasteiger partial charge in [-0.3, -0.25) is 0 Å². The second-order valence-corrected chi connectivity index (χ2v) is 5.47. The number of hydrogen-bond acceptors (Lipinski definition) is 2. The largest absolute Gasteiger partial charge is 0.369 e. The lowest BCUT2D eigenvalue weighted by Crippen LogP contribution is -2.18. The highest BCUT2D eigenvalue weighted by Gasteiger charge is 2.09. The molecule has 0 N–H and O–H groups in total. The first-order valence-corrected chi connectivity index (χ1v) is 6.86. The maximum Gasteiger partial charge on any atom is 0.101 e. The van der Waals surface area contributed by atoms with Gasteiger partial charge in [-0.2, -0.15) is 5.26 Å². The molecule has 96 valence electrons. The van der Waals surface area contributed by atoms with Crippen molar-refractivity contribution in [3.63, 3.8) is 0 Å². The molecular formula is C16H15BrN2. The average Bonchev–Trinajstić information content (AvgIpc) is 2.41. The van der Waals surface area contributed by atoms with Gasteiger partial charge in [-0.25, -0.2) is 0 Å². The Hall–Kier alpha value is -1.79. The average molecular weight is 315 g/mol. The zero-order valence-electron chi connectivity index (χ0n) is 11.0. The smallest absolute Gasteiger partial charge is 0.101 e. The minimum Gasteiger partial charge on any atom is -0.369 e. The highest BCUT2D eigenvalue weighted by molar-refractivity contribution is 9.10. The van der Waals surface area contributed by atoms with Crippen LogP contribution in [0.3, 0.4) is 0 Å². The van der Waals surface area contributed by atoms with Crippen molar-refractivity contribution in [2.75, 3.05) is 11.9 Å². The number of benzene rings is 2. The van der Waals surface area contributed by atoms with Crippen molar-refractivity contribution in [3.8, 4) is 6.07 Å². The summed E-state index contributed by atoms with van der Waals surface area (Å²) >= 11 is 3.40. The first kappa shape index (κ1) is 13.6. The first-order chi connectivity index (χ1) is 9.11. The second-order valence-electron chi connectivity index (χ2n) is 4.56. The van der Waals surface area contributed by atoms with E-state index in [1.54, 1.807) is 0 Å². The molecule has 2 aromatic rings. The van der Waals surface area contributed by atoms with Gasteiger partial charge in [0.2, 0.25) is 0 Å². The highest BCUT2D eigenvalue weighted by Crippen LogP contribution is 2.24. The van der Waals surface area contributed by atoms with Crippen LogP contribution in [0.15, 0.2) is 46.9 Å². The van der Waals surface area contributed by atoms with Crippen LogP contribution in [-0.2, 0) is 6.54 Å². The molecule has 0 saturated heterocycles. The van der Waals surface area contributed by atoms with E-state index in [-0.39, 0.29) is 0 Å². The summed E-state index contributed by atoms with van der Waals surface area (Å²) in [6.07, 6.45) is 0. The summed E-state index contributed by atoms with van der Waals surface area (Å²) in [4.78, 5) is 2.10. The lowest BCUT2D eigenvalue weighted by Gasteiger charge is -2.21. The number of aryl methyl sites for hydroxylation is 1. The number of nitrogens with zero attached hydrogens (tertiary/aromatic N) is 2. The number of rotatable bonds is 3. The van der Waals surface area contributed by atoms with Gasteiger partial charge in [0.05, 0.1) is 11.3 Å². The maximum absolute atomic E-state index is 9.21. The molecule has 2 nitrogen and oxygen atoms in total. The summed E-state index contributed by atoms with van der Waals surface area (Å²) in [6.45, 7) is 2.90. The summed E-state index contributed by atoms with van der Waals surface area (Å²) in [5.41, 5.74) is 4.18. The van der Waals surface area contributed by atoms with Gasteiger partial charge in [-0.15, -0.1) is 0 Å². The van der Waals surface area contributed by atoms with E-state index in [4.69, 9.17) is 0 Å². The third-order valence-electron chi connectivity index (χ3n) is 3.16. The van der Waals surface area contributed by atoms with Crippen LogP contribution in [-0.4, -0.2) is 7.05 Å². The predicted molar refractivity (Wildman–Crippen MR) is 82.1 cm³/mol. The van der Waals surface area contributed by atoms with Crippen LogP contribution in [0.5, 0.6) is 0 Å². The molecule has 0 aliphatic carbocycles. The highest BCUT2D eigenvalue weighted by atomic mass is 79.9. The zero-order valence-corrected chi connectivity index (χ0v) is 12.6. The zero-order chi connectivity index (χ0) is 13.8. The molecule has 0 radical (unpaired) electrons. The predicted octanol–water partition coefficient (Wildman–Crippen LogP) is 4.27. The molecule has 0 aromatic heterocycles. The van der Waals surface area contributed by atoms with Crippen molar-refractivity contribution in [2.24, 2.45) is 0 Å². The van der Waals surface area contributed by atoms with E-state index in [9.17, 15) is 5.26 Å². The Morgan fingerprint density at radius 3 is 2.63 bits per heavy atom. The molecule has 0 aliphatic rings. The third kappa shape index (κ3) is 3.15. The Bertz CT molecular complexity index is 629. The topological polar surface area (TPSA) is 27.0 Å². The number of anilines is 1. The minimum absolute atomic E-state index is 0.686. The molecule has 0 spiro atoms. The van der Waals surface area contributed by atoms with Gasteiger partial charge in [0.1, 0.15) is 6.07 Å². The van der Waals surface area contributed by atoms with Crippen LogP contribution in [0, 0.1) is 18.3 Å². The van der Waals surface area contributed by atoms with E-state index in [1.165, 1.54) is 11.1 Å². The molecule has 2 aromatic carbocycles. The van der Waals surface area contributed by atoms with Crippen LogP contribution in [0.25, 0.3) is 0 Å². The Morgan fingerprint density at radius 2 is 1.95 bits per heavy atom. The van der Waals surface area contributed by atoms with Crippen molar-refractivity contribution in [3.05, 3.63) is 63.6 Å². The molecular weight excluding hydrogens is 300 g/mol. The van der Waals surface area contributed by atoms with E-state index in [0.29, 0.717) is 5.56 Å². The SMILES string of the molecule is Cc1ccccc1CN(C)c1ccc(Br)cc1C#N. The molecule has 0 unspecified atom stereocenters. The normalized spacial score (nSPS) is 10.0. The van der Waals surface area contributed by atoms with Gasteiger partial charge >= 0.3 is 0 Å². The van der Waals surface area contributed by atoms with Crippen molar-refractivity contribution in [1.29, 1.82) is 5.26 Å². The summed E-state index contributed by atoms with van der Waals surface area (Å²) in [7, 11) is 2.01. The Morgan fingerprint density at radius 1 is 1.21 bits per heavy atom. The molecule has 0 aliphatic heterocycles. The lowest BCUT2D eigenvalue weighted by molar-refractivity contribution is 0.912. The molecule has 0 heterocycles. The molecule has 3 heteroatoms. The molecule has 0 atom stereocenters. The Labute approximate surface area is 122 Å². The fourth-order valence-corrected chi connectivity index (χ4v) is 2.42. The van der Waals surface area contributed by atoms with Crippen molar-refractivity contribution in [1.82, 2.24) is 0 Å². The van der Waals surface area contributed by atoms with Gasteiger partial charge < -0.3 is 4.90 Å². The lowest BCUT2D eigenvalue weighted by atomic mass is 10.1. The van der Waals surface area contributed by atoms with Crippen LogP contribution in [0.2, 0.25) is 0 Å². The van der Waals surface area contributed by atoms with Crippen molar-refractivity contribution in [2.45, 2.75) is 13.5 Å². The first-order valence-electron chi connectivity index (χ1n) is 6.07. The van der Waals surface area contributed by atoms with Crippen molar-refractivity contribution >= 4 is 21.6 Å². The molecule has 19 heavy (non-hydrogen) atoms. The fraction of sp³-hybridized carbons (Fsp3) is 0.188. The quantitative estimate of drug-likeness (QED) is 0.846. The molecule has 2 rings (SSSR count). The fourth-order valence-electron chi connectivity index (χ4n) is 2.06. The van der Waals surface area contributed by atoms with E-state index in [2.05, 4.69) is 46.0 Å². The van der Waals surface area contributed by atoms with Gasteiger partial charge in [0.25, 0.3) is 0 Å². The monoisotopic (exact) mass is 314 g/mol. The van der Waals surface area contributed by atoms with E-state index in [0.717, 1.165) is 16.7 Å². The van der Waals surface area contributed by atoms with Crippen LogP contribution in [0.4, 0.5) is 5.69 Å². The summed E-state index contributed by atoms with van der Waals surface area (Å²) in [6, 6.07) is 16.3. The molecule has 0 bridgehead atoms. The second kappa shape index (κ2) is 5.90. The van der Waals surface area contributed by atoms with E-state index < -0.39 is 0 Å². The van der Waals surface area contributed by atoms with Crippen LogP contribution < -0.4 is 4.90 Å². The summed E-state index contributed by atoms with van der Waals surface area (Å²) < 4.78 is 0.928. The standard InChI is InChI=1S/C16H15BrN2/c1-12-5-3-4-6-13(12)11-19(2)16-8-7-15(17)9-14(16)10-18/h3-9H,11H2,1-2H3. The maximum atomic E-state index is 9.21. The Kier molecular flexibility index (Phi) is 4.24. The third-order valence-corrected chi connectivity index (χ3v) is 3.65. The van der Waals surface area contributed by atoms with Crippen molar-refractivity contribution < 1.29 is 0 Å². The Balaban J connectivity index is 2.28. The molecule has 0 saturated carbocycles. The van der Waals surface area contributed by atoms with Gasteiger partial charge in [0, 0.05) is 18.1 Å².